The Morgan fingerprint density at radius 3 is 1.84 bits per heavy atom. The smallest absolute Gasteiger partial charge is 0.166 e. The van der Waals surface area contributed by atoms with Crippen molar-refractivity contribution in [1.29, 1.82) is 0 Å². The van der Waals surface area contributed by atoms with E-state index in [0.29, 0.717) is 33.9 Å². The molecule has 62 heavy (non-hydrogen) atoms. The molecule has 0 N–H and O–H groups in total. The Morgan fingerprint density at radius 1 is 0.387 bits per heavy atom. The topological polar surface area (TPSA) is 43.6 Å². The molecule has 0 amide bonds. The van der Waals surface area contributed by atoms with Gasteiger partial charge in [0, 0.05) is 42.1 Å². The SMILES string of the molecule is [2H]c1c([2H])c([2H])c(-c2c([2H])c([2H])c3c(c2[2H])c2c([2H])c([2H])c([2H])c([2H])c2n3-c2cccc(-c3ccc(-c4ccccc4)cc3)c2-c2nc(-c3ccccc3)nc(-c3ccc4c(c3)sc3ccccc34)n2)c([2H])c1[2H]. The maximum absolute atomic E-state index is 9.84. The largest absolute Gasteiger partial charge is 0.308 e. The molecule has 0 saturated carbocycles. The summed E-state index contributed by atoms with van der Waals surface area (Å²) in [6, 6.07) is 39.4. The summed E-state index contributed by atoms with van der Waals surface area (Å²) in [6.07, 6.45) is 0. The van der Waals surface area contributed by atoms with Crippen molar-refractivity contribution in [3.63, 3.8) is 0 Å². The van der Waals surface area contributed by atoms with Crippen LogP contribution in [-0.2, 0) is 0 Å². The fourth-order valence-corrected chi connectivity index (χ4v) is 9.27. The predicted molar refractivity (Wildman–Crippen MR) is 260 cm³/mol. The summed E-state index contributed by atoms with van der Waals surface area (Å²) < 4.78 is 113. The van der Waals surface area contributed by atoms with E-state index in [1.165, 1.54) is 4.57 Å². The number of para-hydroxylation sites is 1. The molecule has 12 rings (SSSR count). The van der Waals surface area contributed by atoms with Gasteiger partial charge >= 0.3 is 0 Å². The number of aromatic nitrogens is 4. The lowest BCUT2D eigenvalue weighted by atomic mass is 9.95. The van der Waals surface area contributed by atoms with Gasteiger partial charge in [-0.15, -0.1) is 11.3 Å². The Hall–Kier alpha value is -7.99. The Kier molecular flexibility index (Phi) is 6.16. The Balaban J connectivity index is 1.22. The summed E-state index contributed by atoms with van der Waals surface area (Å²) >= 11 is 1.65. The van der Waals surface area contributed by atoms with Crippen molar-refractivity contribution in [3.8, 4) is 73.2 Å². The van der Waals surface area contributed by atoms with Crippen LogP contribution in [0, 0.1) is 0 Å². The molecular weight excluding hydrogens is 773 g/mol. The minimum absolute atomic E-state index is 0.129. The van der Waals surface area contributed by atoms with E-state index in [2.05, 4.69) is 24.3 Å². The normalized spacial score (nSPS) is 14.3. The zero-order valence-electron chi connectivity index (χ0n) is 44.6. The molecule has 0 aliphatic carbocycles. The average molecular weight is 821 g/mol. The van der Waals surface area contributed by atoms with Crippen LogP contribution in [0.25, 0.3) is 115 Å². The molecule has 0 unspecified atom stereocenters. The van der Waals surface area contributed by atoms with Gasteiger partial charge in [0.15, 0.2) is 17.5 Å². The predicted octanol–water partition coefficient (Wildman–Crippen LogP) is 15.3. The highest BCUT2D eigenvalue weighted by Gasteiger charge is 2.23. The molecule has 0 fully saturated rings. The quantitative estimate of drug-likeness (QED) is 0.161. The van der Waals surface area contributed by atoms with Gasteiger partial charge in [0.05, 0.1) is 38.7 Å². The van der Waals surface area contributed by atoms with Gasteiger partial charge in [0.2, 0.25) is 0 Å². The highest BCUT2D eigenvalue weighted by atomic mass is 32.1. The van der Waals surface area contributed by atoms with E-state index < -0.39 is 83.6 Å². The first-order valence-electron chi connectivity index (χ1n) is 25.9. The van der Waals surface area contributed by atoms with Crippen LogP contribution in [0.4, 0.5) is 0 Å². The summed E-state index contributed by atoms with van der Waals surface area (Å²) in [5.74, 6) is 0.833. The lowest BCUT2D eigenvalue weighted by molar-refractivity contribution is 1.07. The summed E-state index contributed by atoms with van der Waals surface area (Å²) in [4.78, 5) is 15.6. The maximum atomic E-state index is 9.84. The maximum Gasteiger partial charge on any atom is 0.166 e. The fourth-order valence-electron chi connectivity index (χ4n) is 8.13. The van der Waals surface area contributed by atoms with E-state index in [-0.39, 0.29) is 33.3 Å². The molecule has 0 aliphatic rings. The first-order chi connectivity index (χ1) is 35.7. The van der Waals surface area contributed by atoms with Gasteiger partial charge in [-0.3, -0.25) is 0 Å². The first-order valence-corrected chi connectivity index (χ1v) is 20.7. The molecule has 0 atom stereocenters. The standard InChI is InChI=1S/C57H36N4S/c1-4-15-37(16-5-1)39-27-29-40(30-28-39)44-23-14-25-51(61-49-24-12-10-21-45(49)48-35-42(32-34-50(48)61)38-17-6-2-7-18-38)54(44)57-59-55(41-19-8-3-9-20-41)58-56(60-57)43-31-33-47-46-22-11-13-26-52(46)62-53(47)36-43/h1-36H/i2D,6D,7D,10D,12D,17D,18D,21D,24D,32D,34D,35D. The molecule has 3 heterocycles. The van der Waals surface area contributed by atoms with Crippen LogP contribution >= 0.6 is 11.3 Å². The van der Waals surface area contributed by atoms with E-state index in [1.54, 1.807) is 23.5 Å². The van der Waals surface area contributed by atoms with Crippen molar-refractivity contribution in [2.24, 2.45) is 0 Å². The Morgan fingerprint density at radius 2 is 1.02 bits per heavy atom. The number of rotatable bonds is 7. The highest BCUT2D eigenvalue weighted by molar-refractivity contribution is 7.25. The molecule has 0 saturated heterocycles. The number of hydrogen-bond donors (Lipinski definition) is 0. The minimum Gasteiger partial charge on any atom is -0.308 e. The lowest BCUT2D eigenvalue weighted by Crippen LogP contribution is -2.05. The molecule has 0 spiro atoms. The second-order valence-electron chi connectivity index (χ2n) is 14.7. The summed E-state index contributed by atoms with van der Waals surface area (Å²) in [5.41, 5.74) is 4.03. The molecule has 0 bridgehead atoms. The third-order valence-corrected chi connectivity index (χ3v) is 12.2. The Bertz CT molecular complexity index is 4300. The highest BCUT2D eigenvalue weighted by Crippen LogP contribution is 2.43. The first kappa shape index (κ1) is 25.6. The number of hydrogen-bond acceptors (Lipinski definition) is 4. The molecule has 290 valence electrons. The molecule has 0 aliphatic heterocycles. The van der Waals surface area contributed by atoms with Crippen molar-refractivity contribution in [2.75, 3.05) is 0 Å². The number of benzene rings is 9. The van der Waals surface area contributed by atoms with Gasteiger partial charge in [-0.1, -0.05) is 182 Å². The zero-order valence-corrected chi connectivity index (χ0v) is 33.4. The third kappa shape index (κ3) is 6.18. The lowest BCUT2D eigenvalue weighted by Gasteiger charge is -2.18. The molecule has 12 aromatic rings. The summed E-state index contributed by atoms with van der Waals surface area (Å²) in [7, 11) is 0. The zero-order chi connectivity index (χ0) is 51.4. The Labute approximate surface area is 379 Å². The number of nitrogens with zero attached hydrogens (tertiary/aromatic N) is 4. The molecule has 4 nitrogen and oxygen atoms in total. The second-order valence-corrected chi connectivity index (χ2v) is 15.7. The van der Waals surface area contributed by atoms with Crippen molar-refractivity contribution >= 4 is 53.3 Å². The van der Waals surface area contributed by atoms with Crippen molar-refractivity contribution < 1.29 is 16.4 Å². The monoisotopic (exact) mass is 820 g/mol. The van der Waals surface area contributed by atoms with Gasteiger partial charge in [0.1, 0.15) is 0 Å². The number of thiophene rings is 1. The van der Waals surface area contributed by atoms with Gasteiger partial charge in [-0.2, -0.15) is 0 Å². The van der Waals surface area contributed by atoms with E-state index >= 15 is 0 Å². The molecule has 5 heteroatoms. The van der Waals surface area contributed by atoms with E-state index in [0.717, 1.165) is 36.9 Å². The van der Waals surface area contributed by atoms with Crippen LogP contribution in [0.5, 0.6) is 0 Å². The van der Waals surface area contributed by atoms with Crippen LogP contribution in [0.3, 0.4) is 0 Å². The molecule has 9 aromatic carbocycles. The van der Waals surface area contributed by atoms with Crippen molar-refractivity contribution in [2.45, 2.75) is 0 Å². The molecule has 0 radical (unpaired) electrons. The minimum atomic E-state index is -0.704. The van der Waals surface area contributed by atoms with Crippen LogP contribution in [0.2, 0.25) is 0 Å². The van der Waals surface area contributed by atoms with Gasteiger partial charge in [-0.25, -0.2) is 15.0 Å². The van der Waals surface area contributed by atoms with E-state index in [4.69, 9.17) is 24.5 Å². The van der Waals surface area contributed by atoms with E-state index in [9.17, 15) is 6.85 Å². The van der Waals surface area contributed by atoms with Gasteiger partial charge in [0.25, 0.3) is 0 Å². The van der Waals surface area contributed by atoms with Crippen molar-refractivity contribution in [3.05, 3.63) is 218 Å². The van der Waals surface area contributed by atoms with Crippen LogP contribution in [0.1, 0.15) is 16.4 Å². The number of fused-ring (bicyclic) bond motifs is 6. The summed E-state index contributed by atoms with van der Waals surface area (Å²) in [6.45, 7) is 0. The third-order valence-electron chi connectivity index (χ3n) is 11.0. The van der Waals surface area contributed by atoms with Gasteiger partial charge < -0.3 is 4.57 Å². The average Bonchev–Trinajstić information content (AvgIpc) is 4.01. The summed E-state index contributed by atoms with van der Waals surface area (Å²) in [5, 5.41) is 1.86. The molecule has 3 aromatic heterocycles. The van der Waals surface area contributed by atoms with Crippen LogP contribution < -0.4 is 0 Å². The van der Waals surface area contributed by atoms with Crippen molar-refractivity contribution in [1.82, 2.24) is 19.5 Å². The van der Waals surface area contributed by atoms with E-state index in [1.807, 2.05) is 109 Å². The van der Waals surface area contributed by atoms with Gasteiger partial charge in [-0.05, 0) is 69.7 Å². The fraction of sp³-hybridized carbons (Fsp3) is 0. The second kappa shape index (κ2) is 14.9. The molecular formula is C57H36N4S. The van der Waals surface area contributed by atoms with Crippen LogP contribution in [0.15, 0.2) is 218 Å². The van der Waals surface area contributed by atoms with Crippen LogP contribution in [-0.4, -0.2) is 19.5 Å².